The molecule has 24 valence electrons. The minimum Gasteiger partial charge on any atom is -2.00 e. The molecule has 0 aromatic rings. The van der Waals surface area contributed by atoms with Crippen LogP contribution in [0.4, 0.5) is 0 Å². The summed E-state index contributed by atoms with van der Waals surface area (Å²) in [4.78, 5) is 0. The molecule has 0 rings (SSSR count). The van der Waals surface area contributed by atoms with Gasteiger partial charge in [-0.15, -0.1) is 0 Å². The Labute approximate surface area is 80.9 Å². The van der Waals surface area contributed by atoms with Crippen molar-refractivity contribution in [3.63, 3.8) is 0 Å². The van der Waals surface area contributed by atoms with Gasteiger partial charge in [0, 0.05) is 0 Å². The van der Waals surface area contributed by atoms with E-state index in [0.29, 0.717) is 0 Å². The topological polar surface area (TPSA) is 0 Å². The molecule has 0 bridgehead atoms. The van der Waals surface area contributed by atoms with Gasteiger partial charge >= 0.3 is 41.2 Å². The zero-order valence-electron chi connectivity index (χ0n) is 2.67. The first-order chi connectivity index (χ1) is 0. The van der Waals surface area contributed by atoms with E-state index in [1.807, 2.05) is 0 Å². The Morgan fingerprint density at radius 3 is 0.600 bits per heavy atom. The Morgan fingerprint density at radius 1 is 0.600 bits per heavy atom. The van der Waals surface area contributed by atoms with Gasteiger partial charge in [0.1, 0.15) is 0 Å². The number of hydrogen-bond donors (Lipinski definition) is 0. The predicted molar refractivity (Wildman–Crippen MR) is 22.1 cm³/mol. The second-order valence-corrected chi connectivity index (χ2v) is 0. The fourth-order valence-electron chi connectivity index (χ4n) is 0. The van der Waals surface area contributed by atoms with E-state index in [-0.39, 0.29) is 81.7 Å². The Hall–Kier alpha value is 2.39. The van der Waals surface area contributed by atoms with Crippen LogP contribution in [0.1, 0.15) is 0 Å². The van der Waals surface area contributed by atoms with Crippen LogP contribution in [0.2, 0.25) is 0 Å². The number of rotatable bonds is 0. The summed E-state index contributed by atoms with van der Waals surface area (Å²) < 4.78 is 0. The molecule has 0 saturated carbocycles. The summed E-state index contributed by atoms with van der Waals surface area (Å²) in [5.41, 5.74) is 0. The second kappa shape index (κ2) is 32.5. The Kier molecular flexibility index (Phi) is 344. The van der Waals surface area contributed by atoms with Crippen LogP contribution in [0.5, 0.6) is 0 Å². The summed E-state index contributed by atoms with van der Waals surface area (Å²) in [5, 5.41) is 0. The maximum absolute atomic E-state index is 0. The zero-order chi connectivity index (χ0) is 0. The van der Waals surface area contributed by atoms with Crippen molar-refractivity contribution in [3.8, 4) is 0 Å². The van der Waals surface area contributed by atoms with E-state index in [0.717, 1.165) is 0 Å². The minimum absolute atomic E-state index is 0. The van der Waals surface area contributed by atoms with E-state index >= 15 is 0 Å². The Bertz CT molecular complexity index is 6.85. The minimum atomic E-state index is 0. The van der Waals surface area contributed by atoms with Crippen LogP contribution in [0.25, 0.3) is 0 Å². The van der Waals surface area contributed by atoms with Gasteiger partial charge in [-0.3, -0.25) is 0 Å². The zero-order valence-corrected chi connectivity index (χ0v) is 7.32. The van der Waals surface area contributed by atoms with Crippen molar-refractivity contribution in [1.82, 2.24) is 0 Å². The molecule has 0 aromatic heterocycles. The van der Waals surface area contributed by atoms with Gasteiger partial charge in [0.25, 0.3) is 0 Å². The van der Waals surface area contributed by atoms with Gasteiger partial charge in [0.05, 0.1) is 0 Å². The smallest absolute Gasteiger partial charge is 2.00 e. The molecule has 0 heterocycles. The third-order valence-corrected chi connectivity index (χ3v) is 0. The summed E-state index contributed by atoms with van der Waals surface area (Å²) in [6.07, 6.45) is 0. The molecule has 0 atom stereocenters. The third-order valence-electron chi connectivity index (χ3n) is 0. The van der Waals surface area contributed by atoms with Crippen LogP contribution in [0.15, 0.2) is 0 Å². The van der Waals surface area contributed by atoms with Crippen molar-refractivity contribution in [2.24, 2.45) is 0 Å². The molecular weight excluding hydrogens is 196 g/mol. The van der Waals surface area contributed by atoms with Crippen LogP contribution in [0.3, 0.4) is 0 Å². The average molecular weight is 196 g/mol. The van der Waals surface area contributed by atoms with Crippen LogP contribution >= 0.6 is 0 Å². The molecule has 0 unspecified atom stereocenters. The first-order valence-corrected chi connectivity index (χ1v) is 0. The molecule has 0 fully saturated rings. The normalized spacial score (nSPS) is 0. The quantitative estimate of drug-likeness (QED) is 0.362. The maximum Gasteiger partial charge on any atom is 5.00 e. The first kappa shape index (κ1) is 52.9. The van der Waals surface area contributed by atoms with E-state index in [4.69, 9.17) is 0 Å². The van der Waals surface area contributed by atoms with E-state index in [1.54, 1.807) is 0 Å². The van der Waals surface area contributed by atoms with Crippen molar-refractivity contribution < 1.29 is 41.2 Å². The van der Waals surface area contributed by atoms with Crippen LogP contribution in [0, 0.1) is 0 Å². The van der Waals surface area contributed by atoms with Crippen molar-refractivity contribution in [2.45, 2.75) is 0 Å². The maximum atomic E-state index is 0. The van der Waals surface area contributed by atoms with Gasteiger partial charge in [-0.2, -0.15) is 0 Å². The molecule has 0 radical (unpaired) electrons. The van der Waals surface area contributed by atoms with Gasteiger partial charge in [0.15, 0.2) is 0 Å². The van der Waals surface area contributed by atoms with Crippen LogP contribution in [-0.2, 0) is 62.9 Å². The number of hydrogen-bond acceptors (Lipinski definition) is 0. The standard InChI is InChI=1S/Li.Nb.3S/q+1;+5;3*-2. The molecule has 0 amide bonds. The fraction of sp³-hybridized carbons (Fsp3) is 0. The van der Waals surface area contributed by atoms with Crippen LogP contribution < -0.4 is 18.9 Å². The van der Waals surface area contributed by atoms with Gasteiger partial charge in [0.2, 0.25) is 0 Å². The molecular formula is LiNbS3. The summed E-state index contributed by atoms with van der Waals surface area (Å²) in [5.74, 6) is 0. The molecule has 0 N–H and O–H groups in total. The first-order valence-electron chi connectivity index (χ1n) is 0. The van der Waals surface area contributed by atoms with E-state index in [1.165, 1.54) is 0 Å². The van der Waals surface area contributed by atoms with Gasteiger partial charge in [-0.25, -0.2) is 0 Å². The van der Waals surface area contributed by atoms with Gasteiger partial charge in [-0.1, -0.05) is 0 Å². The largest absolute Gasteiger partial charge is 5.00 e. The van der Waals surface area contributed by atoms with Crippen molar-refractivity contribution >= 4 is 40.5 Å². The Balaban J connectivity index is 0. The van der Waals surface area contributed by atoms with Crippen molar-refractivity contribution in [3.05, 3.63) is 0 Å². The molecule has 0 saturated heterocycles. The summed E-state index contributed by atoms with van der Waals surface area (Å²) in [7, 11) is 0. The van der Waals surface area contributed by atoms with Crippen molar-refractivity contribution in [1.29, 1.82) is 0 Å². The molecule has 0 aromatic carbocycles. The molecule has 0 aliphatic rings. The Morgan fingerprint density at radius 2 is 0.600 bits per heavy atom. The molecule has 5 heteroatoms. The molecule has 5 heavy (non-hydrogen) atoms. The molecule has 0 aliphatic heterocycles. The summed E-state index contributed by atoms with van der Waals surface area (Å²) in [6, 6.07) is 0. The second-order valence-electron chi connectivity index (χ2n) is 0. The van der Waals surface area contributed by atoms with Crippen LogP contribution in [-0.4, -0.2) is 0 Å². The molecule has 0 nitrogen and oxygen atoms in total. The molecule has 0 spiro atoms. The van der Waals surface area contributed by atoms with E-state index in [9.17, 15) is 0 Å². The van der Waals surface area contributed by atoms with Gasteiger partial charge in [-0.05, 0) is 0 Å². The SMILES string of the molecule is [Li+].[Nb+5].[S-2].[S-2].[S-2]. The molecule has 0 aliphatic carbocycles. The average Bonchev–Trinajstić information content (AvgIpc) is 0. The van der Waals surface area contributed by atoms with E-state index in [2.05, 4.69) is 0 Å². The fourth-order valence-corrected chi connectivity index (χ4v) is 0. The third kappa shape index (κ3) is 21.6. The van der Waals surface area contributed by atoms with Crippen molar-refractivity contribution in [2.75, 3.05) is 0 Å². The summed E-state index contributed by atoms with van der Waals surface area (Å²) >= 11 is 0. The van der Waals surface area contributed by atoms with E-state index < -0.39 is 0 Å². The van der Waals surface area contributed by atoms with Gasteiger partial charge < -0.3 is 40.5 Å². The monoisotopic (exact) mass is 196 g/mol. The predicted octanol–water partition coefficient (Wildman–Crippen LogP) is -3.01. The summed E-state index contributed by atoms with van der Waals surface area (Å²) in [6.45, 7) is 0.